The predicted molar refractivity (Wildman–Crippen MR) is 60.6 cm³/mol. The van der Waals surface area contributed by atoms with E-state index in [2.05, 4.69) is 26.0 Å². The minimum Gasteiger partial charge on any atom is -0.461 e. The van der Waals surface area contributed by atoms with E-state index in [0.29, 0.717) is 18.9 Å². The molecule has 0 saturated heterocycles. The summed E-state index contributed by atoms with van der Waals surface area (Å²) in [5.41, 5.74) is 2.35. The Kier molecular flexibility index (Phi) is 4.35. The number of carbonyl (C=O) groups excluding carboxylic acids is 1. The van der Waals surface area contributed by atoms with Crippen LogP contribution in [0.3, 0.4) is 0 Å². The number of rotatable bonds is 4. The summed E-state index contributed by atoms with van der Waals surface area (Å²) >= 11 is 0. The minimum absolute atomic E-state index is 0.150. The third-order valence-electron chi connectivity index (χ3n) is 2.33. The van der Waals surface area contributed by atoms with E-state index >= 15 is 0 Å². The lowest BCUT2D eigenvalue weighted by atomic mass is 10.0. The van der Waals surface area contributed by atoms with Gasteiger partial charge in [-0.15, -0.1) is 0 Å². The quantitative estimate of drug-likeness (QED) is 0.707. The van der Waals surface area contributed by atoms with Crippen LogP contribution in [-0.2, 0) is 16.1 Å². The standard InChI is InChI=1S/C13H18O2/c1-4-13(14)15-9-11-5-7-12(8-6-11)10(2)3/h5-8,10H,4,9H2,1-3H3. The van der Waals surface area contributed by atoms with Gasteiger partial charge >= 0.3 is 5.97 Å². The van der Waals surface area contributed by atoms with Crippen molar-refractivity contribution in [3.8, 4) is 0 Å². The van der Waals surface area contributed by atoms with E-state index in [-0.39, 0.29) is 5.97 Å². The molecule has 2 nitrogen and oxygen atoms in total. The maximum absolute atomic E-state index is 10.9. The summed E-state index contributed by atoms with van der Waals surface area (Å²) in [4.78, 5) is 10.9. The van der Waals surface area contributed by atoms with Crippen LogP contribution in [0.4, 0.5) is 0 Å². The molecule has 1 aromatic carbocycles. The van der Waals surface area contributed by atoms with Gasteiger partial charge in [-0.2, -0.15) is 0 Å². The van der Waals surface area contributed by atoms with Gasteiger partial charge in [0.15, 0.2) is 0 Å². The zero-order valence-corrected chi connectivity index (χ0v) is 9.62. The van der Waals surface area contributed by atoms with Crippen molar-refractivity contribution in [2.45, 2.75) is 39.7 Å². The van der Waals surface area contributed by atoms with E-state index in [1.807, 2.05) is 12.1 Å². The Hall–Kier alpha value is -1.31. The van der Waals surface area contributed by atoms with Gasteiger partial charge in [-0.1, -0.05) is 45.0 Å². The maximum Gasteiger partial charge on any atom is 0.305 e. The summed E-state index contributed by atoms with van der Waals surface area (Å²) < 4.78 is 5.04. The number of benzene rings is 1. The van der Waals surface area contributed by atoms with Gasteiger partial charge in [0.1, 0.15) is 6.61 Å². The largest absolute Gasteiger partial charge is 0.461 e. The summed E-state index contributed by atoms with van der Waals surface area (Å²) in [6.45, 7) is 6.49. The predicted octanol–water partition coefficient (Wildman–Crippen LogP) is 3.26. The van der Waals surface area contributed by atoms with Crippen molar-refractivity contribution < 1.29 is 9.53 Å². The monoisotopic (exact) mass is 206 g/mol. The normalized spacial score (nSPS) is 10.4. The van der Waals surface area contributed by atoms with Gasteiger partial charge in [-0.25, -0.2) is 0 Å². The molecule has 0 heterocycles. The molecule has 1 aromatic rings. The lowest BCUT2D eigenvalue weighted by molar-refractivity contribution is -0.144. The van der Waals surface area contributed by atoms with Crippen molar-refractivity contribution in [2.75, 3.05) is 0 Å². The fraction of sp³-hybridized carbons (Fsp3) is 0.462. The zero-order valence-electron chi connectivity index (χ0n) is 9.62. The Labute approximate surface area is 91.3 Å². The zero-order chi connectivity index (χ0) is 11.3. The summed E-state index contributed by atoms with van der Waals surface area (Å²) in [5, 5.41) is 0. The lowest BCUT2D eigenvalue weighted by Crippen LogP contribution is -2.02. The van der Waals surface area contributed by atoms with E-state index in [1.54, 1.807) is 6.92 Å². The van der Waals surface area contributed by atoms with Crippen LogP contribution in [0.1, 0.15) is 44.2 Å². The molecule has 15 heavy (non-hydrogen) atoms. The second-order valence-electron chi connectivity index (χ2n) is 3.91. The fourth-order valence-corrected chi connectivity index (χ4v) is 1.26. The number of ether oxygens (including phenoxy) is 1. The summed E-state index contributed by atoms with van der Waals surface area (Å²) in [6, 6.07) is 8.19. The average Bonchev–Trinajstić information content (AvgIpc) is 2.26. The fourth-order valence-electron chi connectivity index (χ4n) is 1.26. The van der Waals surface area contributed by atoms with Crippen LogP contribution in [-0.4, -0.2) is 5.97 Å². The molecule has 0 amide bonds. The molecule has 0 spiro atoms. The van der Waals surface area contributed by atoms with Gasteiger partial charge in [0, 0.05) is 6.42 Å². The number of carbonyl (C=O) groups is 1. The topological polar surface area (TPSA) is 26.3 Å². The smallest absolute Gasteiger partial charge is 0.305 e. The first-order valence-corrected chi connectivity index (χ1v) is 5.38. The minimum atomic E-state index is -0.150. The molecule has 82 valence electrons. The summed E-state index contributed by atoms with van der Waals surface area (Å²) in [5.74, 6) is 0.389. The second-order valence-corrected chi connectivity index (χ2v) is 3.91. The molecule has 0 N–H and O–H groups in total. The number of hydrogen-bond donors (Lipinski definition) is 0. The van der Waals surface area contributed by atoms with Gasteiger partial charge in [0.25, 0.3) is 0 Å². The Morgan fingerprint density at radius 1 is 1.27 bits per heavy atom. The molecule has 0 aliphatic rings. The van der Waals surface area contributed by atoms with Crippen LogP contribution in [0, 0.1) is 0 Å². The molecular formula is C13H18O2. The third-order valence-corrected chi connectivity index (χ3v) is 2.33. The molecule has 0 aromatic heterocycles. The molecule has 1 rings (SSSR count). The van der Waals surface area contributed by atoms with Crippen LogP contribution in [0.25, 0.3) is 0 Å². The van der Waals surface area contributed by atoms with Gasteiger partial charge in [-0.05, 0) is 17.0 Å². The third kappa shape index (κ3) is 3.74. The lowest BCUT2D eigenvalue weighted by Gasteiger charge is -2.07. The molecule has 0 atom stereocenters. The van der Waals surface area contributed by atoms with Crippen molar-refractivity contribution in [1.29, 1.82) is 0 Å². The highest BCUT2D eigenvalue weighted by Crippen LogP contribution is 2.15. The Morgan fingerprint density at radius 3 is 2.33 bits per heavy atom. The highest BCUT2D eigenvalue weighted by Gasteiger charge is 2.01. The Balaban J connectivity index is 2.53. The molecule has 0 bridgehead atoms. The highest BCUT2D eigenvalue weighted by molar-refractivity contribution is 5.68. The van der Waals surface area contributed by atoms with E-state index in [0.717, 1.165) is 5.56 Å². The van der Waals surface area contributed by atoms with Crippen molar-refractivity contribution >= 4 is 5.97 Å². The molecule has 0 radical (unpaired) electrons. The van der Waals surface area contributed by atoms with Gasteiger partial charge in [0.05, 0.1) is 0 Å². The van der Waals surface area contributed by atoms with Crippen LogP contribution in [0.2, 0.25) is 0 Å². The molecule has 0 aliphatic carbocycles. The molecule has 2 heteroatoms. The van der Waals surface area contributed by atoms with Crippen LogP contribution in [0.15, 0.2) is 24.3 Å². The molecule has 0 aliphatic heterocycles. The molecule has 0 fully saturated rings. The number of esters is 1. The van der Waals surface area contributed by atoms with Crippen LogP contribution >= 0.6 is 0 Å². The average molecular weight is 206 g/mol. The SMILES string of the molecule is CCC(=O)OCc1ccc(C(C)C)cc1. The Bertz CT molecular complexity index is 312. The summed E-state index contributed by atoms with van der Waals surface area (Å²) in [6.07, 6.45) is 0.435. The first-order valence-electron chi connectivity index (χ1n) is 5.38. The Morgan fingerprint density at radius 2 is 1.87 bits per heavy atom. The van der Waals surface area contributed by atoms with Crippen molar-refractivity contribution in [3.05, 3.63) is 35.4 Å². The van der Waals surface area contributed by atoms with E-state index in [9.17, 15) is 4.79 Å². The molecule has 0 unspecified atom stereocenters. The second kappa shape index (κ2) is 5.54. The number of hydrogen-bond acceptors (Lipinski definition) is 2. The van der Waals surface area contributed by atoms with Crippen LogP contribution in [0.5, 0.6) is 0 Å². The van der Waals surface area contributed by atoms with Crippen molar-refractivity contribution in [3.63, 3.8) is 0 Å². The van der Waals surface area contributed by atoms with Gasteiger partial charge < -0.3 is 4.74 Å². The summed E-state index contributed by atoms with van der Waals surface area (Å²) in [7, 11) is 0. The highest BCUT2D eigenvalue weighted by atomic mass is 16.5. The van der Waals surface area contributed by atoms with Crippen molar-refractivity contribution in [2.24, 2.45) is 0 Å². The first kappa shape index (κ1) is 11.8. The van der Waals surface area contributed by atoms with Gasteiger partial charge in [-0.3, -0.25) is 4.79 Å². The van der Waals surface area contributed by atoms with E-state index in [4.69, 9.17) is 4.74 Å². The van der Waals surface area contributed by atoms with E-state index < -0.39 is 0 Å². The van der Waals surface area contributed by atoms with E-state index in [1.165, 1.54) is 5.56 Å². The maximum atomic E-state index is 10.9. The molecular weight excluding hydrogens is 188 g/mol. The molecule has 0 saturated carbocycles. The van der Waals surface area contributed by atoms with Crippen molar-refractivity contribution in [1.82, 2.24) is 0 Å². The van der Waals surface area contributed by atoms with Crippen LogP contribution < -0.4 is 0 Å². The first-order chi connectivity index (χ1) is 7.13. The van der Waals surface area contributed by atoms with Gasteiger partial charge in [0.2, 0.25) is 0 Å².